The Morgan fingerprint density at radius 3 is 2.20 bits per heavy atom. The van der Waals surface area contributed by atoms with Crippen LogP contribution in [0.25, 0.3) is 0 Å². The van der Waals surface area contributed by atoms with Crippen molar-refractivity contribution < 1.29 is 18.0 Å². The van der Waals surface area contributed by atoms with E-state index in [2.05, 4.69) is 16.7 Å². The number of rotatable bonds is 5. The normalized spacial score (nSPS) is 15.4. The van der Waals surface area contributed by atoms with Crippen molar-refractivity contribution in [2.24, 2.45) is 0 Å². The minimum absolute atomic E-state index is 0.185. The summed E-state index contributed by atoms with van der Waals surface area (Å²) in [6, 6.07) is 1.49. The first kappa shape index (κ1) is 17.7. The van der Waals surface area contributed by atoms with Crippen LogP contribution in [0.5, 0.6) is 0 Å². The maximum atomic E-state index is 12.2. The molecule has 0 unspecified atom stereocenters. The van der Waals surface area contributed by atoms with Crippen molar-refractivity contribution in [1.82, 2.24) is 10.0 Å². The lowest BCUT2D eigenvalue weighted by Gasteiger charge is -2.16. The van der Waals surface area contributed by atoms with Gasteiger partial charge in [-0.05, 0) is 60.8 Å². The van der Waals surface area contributed by atoms with Crippen molar-refractivity contribution in [2.75, 3.05) is 18.1 Å². The summed E-state index contributed by atoms with van der Waals surface area (Å²) in [6.07, 6.45) is 5.74. The van der Waals surface area contributed by atoms with Crippen LogP contribution < -0.4 is 15.4 Å². The van der Waals surface area contributed by atoms with Gasteiger partial charge in [-0.2, -0.15) is 0 Å². The highest BCUT2D eigenvalue weighted by Gasteiger charge is 2.26. The van der Waals surface area contributed by atoms with E-state index in [1.165, 1.54) is 18.2 Å². The Labute approximate surface area is 147 Å². The second-order valence-corrected chi connectivity index (χ2v) is 8.37. The van der Waals surface area contributed by atoms with Crippen LogP contribution in [0.4, 0.5) is 10.5 Å². The van der Waals surface area contributed by atoms with Crippen molar-refractivity contribution in [3.05, 3.63) is 28.3 Å². The zero-order valence-corrected chi connectivity index (χ0v) is 15.1. The van der Waals surface area contributed by atoms with Crippen LogP contribution in [0.1, 0.15) is 41.5 Å². The highest BCUT2D eigenvalue weighted by Crippen LogP contribution is 2.38. The van der Waals surface area contributed by atoms with E-state index in [1.54, 1.807) is 0 Å². The summed E-state index contributed by atoms with van der Waals surface area (Å²) in [5, 5.41) is 5.13. The van der Waals surface area contributed by atoms with Crippen molar-refractivity contribution in [3.8, 4) is 0 Å². The Hall–Kier alpha value is -2.09. The van der Waals surface area contributed by atoms with Crippen LogP contribution in [0.3, 0.4) is 0 Å². The van der Waals surface area contributed by atoms with Crippen molar-refractivity contribution >= 4 is 27.6 Å². The Balaban J connectivity index is 1.73. The van der Waals surface area contributed by atoms with E-state index in [-0.39, 0.29) is 12.3 Å². The molecule has 0 fully saturated rings. The molecule has 0 radical (unpaired) electrons. The molecule has 8 heteroatoms. The van der Waals surface area contributed by atoms with Gasteiger partial charge in [0.05, 0.1) is 5.75 Å². The largest absolute Gasteiger partial charge is 0.359 e. The van der Waals surface area contributed by atoms with Gasteiger partial charge in [0.25, 0.3) is 0 Å². The molecule has 0 saturated heterocycles. The number of urea groups is 1. The molecule has 0 aromatic heterocycles. The zero-order chi connectivity index (χ0) is 18.0. The average molecular weight is 365 g/mol. The quantitative estimate of drug-likeness (QED) is 0.730. The number of nitrogens with one attached hydrogen (secondary N) is 3. The minimum atomic E-state index is -3.86. The van der Waals surface area contributed by atoms with Crippen LogP contribution in [0, 0.1) is 0 Å². The Morgan fingerprint density at radius 1 is 1.04 bits per heavy atom. The molecule has 1 aromatic carbocycles. The summed E-state index contributed by atoms with van der Waals surface area (Å²) in [6.45, 7) is 0. The number of anilines is 1. The van der Waals surface area contributed by atoms with Crippen LogP contribution in [-0.2, 0) is 40.5 Å². The molecule has 3 rings (SSSR count). The van der Waals surface area contributed by atoms with E-state index < -0.39 is 21.8 Å². The second kappa shape index (κ2) is 7.03. The predicted molar refractivity (Wildman–Crippen MR) is 95.1 cm³/mol. The molecule has 3 amide bonds. The maximum Gasteiger partial charge on any atom is 0.332 e. The number of hydrogen-bond acceptors (Lipinski definition) is 4. The first-order valence-electron chi connectivity index (χ1n) is 8.58. The van der Waals surface area contributed by atoms with E-state index in [0.29, 0.717) is 0 Å². The number of hydrogen-bond donors (Lipinski definition) is 3. The molecular formula is C17H23N3O4S. The van der Waals surface area contributed by atoms with E-state index >= 15 is 0 Å². The third kappa shape index (κ3) is 3.95. The van der Waals surface area contributed by atoms with Gasteiger partial charge in [0.1, 0.15) is 0 Å². The molecule has 136 valence electrons. The van der Waals surface area contributed by atoms with Crippen LogP contribution in [0.15, 0.2) is 6.07 Å². The Kier molecular flexibility index (Phi) is 4.99. The summed E-state index contributed by atoms with van der Waals surface area (Å²) in [7, 11) is -2.42. The molecule has 0 heterocycles. The van der Waals surface area contributed by atoms with Crippen molar-refractivity contribution in [1.29, 1.82) is 0 Å². The van der Waals surface area contributed by atoms with Gasteiger partial charge in [0, 0.05) is 19.2 Å². The summed E-state index contributed by atoms with van der Waals surface area (Å²) in [5.41, 5.74) is 5.59. The second-order valence-electron chi connectivity index (χ2n) is 6.53. The topological polar surface area (TPSA) is 104 Å². The smallest absolute Gasteiger partial charge is 0.332 e. The lowest BCUT2D eigenvalue weighted by molar-refractivity contribution is -0.120. The summed E-state index contributed by atoms with van der Waals surface area (Å²) in [5.74, 6) is -0.810. The Morgan fingerprint density at radius 2 is 1.64 bits per heavy atom. The van der Waals surface area contributed by atoms with Gasteiger partial charge < -0.3 is 10.6 Å². The van der Waals surface area contributed by atoms with Gasteiger partial charge in [-0.3, -0.25) is 4.79 Å². The zero-order valence-electron chi connectivity index (χ0n) is 14.3. The summed E-state index contributed by atoms with van der Waals surface area (Å²) >= 11 is 0. The fourth-order valence-corrected chi connectivity index (χ4v) is 4.54. The third-order valence-corrected chi connectivity index (χ3v) is 6.07. The summed E-state index contributed by atoms with van der Waals surface area (Å²) < 4.78 is 25.9. The van der Waals surface area contributed by atoms with Gasteiger partial charge in [-0.25, -0.2) is 17.9 Å². The number of benzene rings is 1. The number of carbonyl (C=O) groups excluding carboxylic acids is 2. The molecule has 3 N–H and O–H groups in total. The van der Waals surface area contributed by atoms with Crippen molar-refractivity contribution in [2.45, 2.75) is 44.9 Å². The Bertz CT molecular complexity index is 785. The first-order chi connectivity index (χ1) is 11.9. The van der Waals surface area contributed by atoms with Gasteiger partial charge in [-0.15, -0.1) is 0 Å². The van der Waals surface area contributed by atoms with Gasteiger partial charge >= 0.3 is 6.03 Å². The molecule has 0 aliphatic heterocycles. The van der Waals surface area contributed by atoms with Gasteiger partial charge in [0.15, 0.2) is 0 Å². The number of sulfonamides is 1. The fourth-order valence-electron chi connectivity index (χ4n) is 3.65. The number of aryl methyl sites for hydroxylation is 2. The molecule has 0 bridgehead atoms. The molecule has 2 aliphatic carbocycles. The SMILES string of the molecule is CNC(=O)CCS(=O)(=O)NC(=O)Nc1c2c(cc3c1CCC3)CCC2. The molecule has 0 atom stereocenters. The first-order valence-corrected chi connectivity index (χ1v) is 10.2. The standard InChI is InChI=1S/C17H23N3O4S/c1-18-15(21)8-9-25(23,24)20-17(22)19-16-13-6-2-4-11(13)10-12-5-3-7-14(12)16/h10H,2-9H2,1H3,(H,18,21)(H2,19,20,22). The van der Waals surface area contributed by atoms with Crippen LogP contribution >= 0.6 is 0 Å². The molecular weight excluding hydrogens is 342 g/mol. The molecule has 0 saturated carbocycles. The molecule has 7 nitrogen and oxygen atoms in total. The lowest BCUT2D eigenvalue weighted by atomic mass is 9.99. The number of fused-ring (bicyclic) bond motifs is 2. The molecule has 1 aromatic rings. The van der Waals surface area contributed by atoms with E-state index in [0.717, 1.165) is 55.3 Å². The molecule has 2 aliphatic rings. The van der Waals surface area contributed by atoms with Gasteiger partial charge in [0.2, 0.25) is 15.9 Å². The van der Waals surface area contributed by atoms with Gasteiger partial charge in [-0.1, -0.05) is 6.07 Å². The predicted octanol–water partition coefficient (Wildman–Crippen LogP) is 1.25. The van der Waals surface area contributed by atoms with Crippen molar-refractivity contribution in [3.63, 3.8) is 0 Å². The summed E-state index contributed by atoms with van der Waals surface area (Å²) in [4.78, 5) is 23.4. The van der Waals surface area contributed by atoms with Crippen LogP contribution in [-0.4, -0.2) is 33.2 Å². The van der Waals surface area contributed by atoms with Crippen LogP contribution in [0.2, 0.25) is 0 Å². The monoisotopic (exact) mass is 365 g/mol. The number of amides is 3. The highest BCUT2D eigenvalue weighted by molar-refractivity contribution is 7.90. The lowest BCUT2D eigenvalue weighted by Crippen LogP contribution is -2.37. The van der Waals surface area contributed by atoms with E-state index in [4.69, 9.17) is 0 Å². The average Bonchev–Trinajstić information content (AvgIpc) is 3.20. The van der Waals surface area contributed by atoms with E-state index in [9.17, 15) is 18.0 Å². The fraction of sp³-hybridized carbons (Fsp3) is 0.529. The molecule has 0 spiro atoms. The highest BCUT2D eigenvalue weighted by atomic mass is 32.2. The number of carbonyl (C=O) groups is 2. The maximum absolute atomic E-state index is 12.2. The molecule has 25 heavy (non-hydrogen) atoms. The minimum Gasteiger partial charge on any atom is -0.359 e. The third-order valence-electron chi connectivity index (χ3n) is 4.84. The van der Waals surface area contributed by atoms with E-state index in [1.807, 2.05) is 4.72 Å².